The summed E-state index contributed by atoms with van der Waals surface area (Å²) in [5, 5.41) is 5.57. The first kappa shape index (κ1) is 17.5. The molecule has 0 aliphatic carbocycles. The second-order valence-corrected chi connectivity index (χ2v) is 6.81. The Morgan fingerprint density at radius 1 is 1.04 bits per heavy atom. The van der Waals surface area contributed by atoms with Gasteiger partial charge in [-0.15, -0.1) is 0 Å². The molecule has 0 saturated carbocycles. The van der Waals surface area contributed by atoms with Gasteiger partial charge in [0.15, 0.2) is 0 Å². The van der Waals surface area contributed by atoms with Crippen LogP contribution < -0.4 is 10.6 Å². The third-order valence-corrected chi connectivity index (χ3v) is 4.91. The van der Waals surface area contributed by atoms with Crippen molar-refractivity contribution in [2.75, 3.05) is 25.0 Å². The summed E-state index contributed by atoms with van der Waals surface area (Å²) in [6.45, 7) is 2.18. The van der Waals surface area contributed by atoms with Gasteiger partial charge in [-0.05, 0) is 43.5 Å². The molecular weight excluding hydrogens is 318 g/mol. The average molecular weight is 343 g/mol. The van der Waals surface area contributed by atoms with E-state index >= 15 is 0 Å². The largest absolute Gasteiger partial charge is 0.356 e. The van der Waals surface area contributed by atoms with Gasteiger partial charge < -0.3 is 15.5 Å². The van der Waals surface area contributed by atoms with Crippen LogP contribution in [0.15, 0.2) is 24.3 Å². The van der Waals surface area contributed by atoms with E-state index in [2.05, 4.69) is 10.6 Å². The molecule has 6 heteroatoms. The number of carbonyl (C=O) groups excluding carboxylic acids is 3. The van der Waals surface area contributed by atoms with E-state index in [0.717, 1.165) is 25.9 Å². The van der Waals surface area contributed by atoms with Crippen molar-refractivity contribution in [3.63, 3.8) is 0 Å². The molecule has 0 bridgehead atoms. The third-order valence-electron chi connectivity index (χ3n) is 4.91. The van der Waals surface area contributed by atoms with Gasteiger partial charge >= 0.3 is 0 Å². The molecule has 2 N–H and O–H groups in total. The minimum atomic E-state index is -0.285. The molecule has 1 atom stereocenters. The molecule has 6 nitrogen and oxygen atoms in total. The number of anilines is 1. The number of likely N-dealkylation sites (tertiary alicyclic amines) is 1. The average Bonchev–Trinajstić information content (AvgIpc) is 2.91. The van der Waals surface area contributed by atoms with Gasteiger partial charge in [0.2, 0.25) is 11.8 Å². The Morgan fingerprint density at radius 3 is 2.36 bits per heavy atom. The lowest BCUT2D eigenvalue weighted by atomic mass is 9.96. The van der Waals surface area contributed by atoms with Crippen LogP contribution in [0.2, 0.25) is 0 Å². The molecule has 0 radical (unpaired) electrons. The second kappa shape index (κ2) is 8.14. The van der Waals surface area contributed by atoms with Crippen LogP contribution in [0.1, 0.15) is 48.9 Å². The minimum Gasteiger partial charge on any atom is -0.356 e. The van der Waals surface area contributed by atoms with Crippen LogP contribution in [0.3, 0.4) is 0 Å². The van der Waals surface area contributed by atoms with Crippen molar-refractivity contribution in [2.24, 2.45) is 5.92 Å². The zero-order valence-electron chi connectivity index (χ0n) is 14.4. The number of benzene rings is 1. The Labute approximate surface area is 148 Å². The minimum absolute atomic E-state index is 0.0590. The van der Waals surface area contributed by atoms with E-state index in [-0.39, 0.29) is 30.1 Å². The van der Waals surface area contributed by atoms with E-state index in [9.17, 15) is 14.4 Å². The predicted molar refractivity (Wildman–Crippen MR) is 95.2 cm³/mol. The fraction of sp³-hybridized carbons (Fsp3) is 0.526. The molecule has 0 unspecified atom stereocenters. The van der Waals surface area contributed by atoms with Gasteiger partial charge in [0.05, 0.1) is 0 Å². The third kappa shape index (κ3) is 4.59. The van der Waals surface area contributed by atoms with Crippen molar-refractivity contribution in [1.82, 2.24) is 10.2 Å². The molecular formula is C19H25N3O3. The zero-order valence-corrected chi connectivity index (χ0v) is 14.4. The van der Waals surface area contributed by atoms with Crippen molar-refractivity contribution in [2.45, 2.75) is 38.5 Å². The molecule has 0 spiro atoms. The number of nitrogens with one attached hydrogen (secondary N) is 2. The lowest BCUT2D eigenvalue weighted by Gasteiger charge is -2.22. The first-order valence-corrected chi connectivity index (χ1v) is 9.10. The van der Waals surface area contributed by atoms with Crippen LogP contribution in [-0.2, 0) is 9.59 Å². The van der Waals surface area contributed by atoms with E-state index in [1.807, 2.05) is 4.90 Å². The van der Waals surface area contributed by atoms with Gasteiger partial charge in [-0.25, -0.2) is 0 Å². The SMILES string of the molecule is O=C1C[C@H](C(=O)Nc2ccc(C(=O)N3CCCCCC3)cc2)CCN1. The summed E-state index contributed by atoms with van der Waals surface area (Å²) in [6, 6.07) is 7.03. The molecule has 25 heavy (non-hydrogen) atoms. The van der Waals surface area contributed by atoms with Crippen molar-refractivity contribution in [3.05, 3.63) is 29.8 Å². The summed E-state index contributed by atoms with van der Waals surface area (Å²) in [6.07, 6.45) is 5.39. The number of amides is 3. The molecule has 2 saturated heterocycles. The number of rotatable bonds is 3. The van der Waals surface area contributed by atoms with E-state index < -0.39 is 0 Å². The topological polar surface area (TPSA) is 78.5 Å². The van der Waals surface area contributed by atoms with Crippen molar-refractivity contribution in [3.8, 4) is 0 Å². The van der Waals surface area contributed by atoms with Crippen LogP contribution in [0.25, 0.3) is 0 Å². The normalized spacial score (nSPS) is 21.2. The zero-order chi connectivity index (χ0) is 17.6. The molecule has 2 fully saturated rings. The molecule has 2 heterocycles. The van der Waals surface area contributed by atoms with Gasteiger partial charge in [0.1, 0.15) is 0 Å². The predicted octanol–water partition coefficient (Wildman–Crippen LogP) is 2.17. The maximum absolute atomic E-state index is 12.6. The van der Waals surface area contributed by atoms with Crippen LogP contribution in [0, 0.1) is 5.92 Å². The van der Waals surface area contributed by atoms with Crippen LogP contribution >= 0.6 is 0 Å². The molecule has 134 valence electrons. The van der Waals surface area contributed by atoms with E-state index in [0.29, 0.717) is 24.2 Å². The Morgan fingerprint density at radius 2 is 1.72 bits per heavy atom. The summed E-state index contributed by atoms with van der Waals surface area (Å²) < 4.78 is 0. The summed E-state index contributed by atoms with van der Waals surface area (Å²) in [5.41, 5.74) is 1.31. The first-order chi connectivity index (χ1) is 12.1. The Bertz CT molecular complexity index is 634. The highest BCUT2D eigenvalue weighted by Gasteiger charge is 2.25. The number of piperidine rings is 1. The van der Waals surface area contributed by atoms with Gasteiger partial charge in [0.25, 0.3) is 5.91 Å². The lowest BCUT2D eigenvalue weighted by Crippen LogP contribution is -2.38. The quantitative estimate of drug-likeness (QED) is 0.883. The molecule has 2 aliphatic rings. The number of hydrogen-bond acceptors (Lipinski definition) is 3. The molecule has 1 aromatic carbocycles. The number of hydrogen-bond donors (Lipinski definition) is 2. The summed E-state index contributed by atoms with van der Waals surface area (Å²) >= 11 is 0. The van der Waals surface area contributed by atoms with Gasteiger partial charge in [-0.3, -0.25) is 14.4 Å². The Kier molecular flexibility index (Phi) is 5.68. The van der Waals surface area contributed by atoms with Crippen LogP contribution in [-0.4, -0.2) is 42.3 Å². The van der Waals surface area contributed by atoms with E-state index in [1.165, 1.54) is 12.8 Å². The van der Waals surface area contributed by atoms with Gasteiger partial charge in [-0.1, -0.05) is 12.8 Å². The lowest BCUT2D eigenvalue weighted by molar-refractivity contribution is -0.129. The fourth-order valence-corrected chi connectivity index (χ4v) is 3.40. The second-order valence-electron chi connectivity index (χ2n) is 6.81. The fourth-order valence-electron chi connectivity index (χ4n) is 3.40. The maximum Gasteiger partial charge on any atom is 0.253 e. The summed E-state index contributed by atoms with van der Waals surface area (Å²) in [7, 11) is 0. The maximum atomic E-state index is 12.6. The van der Waals surface area contributed by atoms with E-state index in [1.54, 1.807) is 24.3 Å². The highest BCUT2D eigenvalue weighted by atomic mass is 16.2. The Balaban J connectivity index is 1.58. The molecule has 1 aromatic rings. The van der Waals surface area contributed by atoms with Gasteiger partial charge in [-0.2, -0.15) is 0 Å². The number of carbonyl (C=O) groups is 3. The first-order valence-electron chi connectivity index (χ1n) is 9.10. The smallest absolute Gasteiger partial charge is 0.253 e. The standard InChI is InChI=1S/C19H25N3O3/c23-17-13-15(9-10-20-17)18(24)21-16-7-5-14(6-8-16)19(25)22-11-3-1-2-4-12-22/h5-8,15H,1-4,9-13H2,(H,20,23)(H,21,24)/t15-/m1/s1. The highest BCUT2D eigenvalue weighted by Crippen LogP contribution is 2.18. The molecule has 2 aliphatic heterocycles. The molecule has 3 amide bonds. The van der Waals surface area contributed by atoms with Crippen LogP contribution in [0.5, 0.6) is 0 Å². The highest BCUT2D eigenvalue weighted by molar-refractivity contribution is 5.97. The Hall–Kier alpha value is -2.37. The van der Waals surface area contributed by atoms with E-state index in [4.69, 9.17) is 0 Å². The molecule has 0 aromatic heterocycles. The van der Waals surface area contributed by atoms with Crippen molar-refractivity contribution < 1.29 is 14.4 Å². The summed E-state index contributed by atoms with van der Waals surface area (Å²) in [5.74, 6) is -0.442. The van der Waals surface area contributed by atoms with Crippen molar-refractivity contribution >= 4 is 23.4 Å². The van der Waals surface area contributed by atoms with Crippen LogP contribution in [0.4, 0.5) is 5.69 Å². The molecule has 3 rings (SSSR count). The van der Waals surface area contributed by atoms with Gasteiger partial charge in [0, 0.05) is 43.2 Å². The number of nitrogens with zero attached hydrogens (tertiary/aromatic N) is 1. The monoisotopic (exact) mass is 343 g/mol. The van der Waals surface area contributed by atoms with Crippen molar-refractivity contribution in [1.29, 1.82) is 0 Å². The summed E-state index contributed by atoms with van der Waals surface area (Å²) in [4.78, 5) is 38.1.